The lowest BCUT2D eigenvalue weighted by molar-refractivity contribution is 0.145. The van der Waals surface area contributed by atoms with Crippen molar-refractivity contribution in [1.29, 1.82) is 0 Å². The van der Waals surface area contributed by atoms with Crippen LogP contribution in [-0.2, 0) is 14.8 Å². The van der Waals surface area contributed by atoms with Crippen LogP contribution in [0.15, 0.2) is 56.6 Å². The number of carbonyl (C=O) groups is 1. The number of hydrogen-bond acceptors (Lipinski definition) is 6. The number of halogens is 1. The minimum Gasteiger partial charge on any atom is -0.449 e. The molecule has 3 rings (SSSR count). The Morgan fingerprint density at radius 2 is 1.93 bits per heavy atom. The number of unbranched alkanes of at least 4 members (excludes halogenated alkanes) is 1. The van der Waals surface area contributed by atoms with E-state index in [9.17, 15) is 22.4 Å². The topological polar surface area (TPSA) is 108 Å². The van der Waals surface area contributed by atoms with Crippen LogP contribution < -0.4 is 10.5 Å². The van der Waals surface area contributed by atoms with Gasteiger partial charge in [-0.05, 0) is 42.8 Å². The van der Waals surface area contributed by atoms with Crippen molar-refractivity contribution in [2.75, 3.05) is 11.3 Å². The van der Waals surface area contributed by atoms with Gasteiger partial charge in [-0.2, -0.15) is 4.57 Å². The maximum Gasteiger partial charge on any atom is 0.429 e. The summed E-state index contributed by atoms with van der Waals surface area (Å²) < 4.78 is 51.0. The normalized spacial score (nSPS) is 11.5. The number of carbonyl (C=O) groups excluding carboxylic acids is 1. The Kier molecular flexibility index (Phi) is 5.50. The highest BCUT2D eigenvalue weighted by molar-refractivity contribution is 7.92. The van der Waals surface area contributed by atoms with E-state index in [0.717, 1.165) is 24.6 Å². The smallest absolute Gasteiger partial charge is 0.429 e. The van der Waals surface area contributed by atoms with E-state index in [-0.39, 0.29) is 28.3 Å². The van der Waals surface area contributed by atoms with E-state index in [1.807, 2.05) is 6.92 Å². The molecule has 28 heavy (non-hydrogen) atoms. The number of benzene rings is 2. The molecule has 0 unspecified atom stereocenters. The fourth-order valence-corrected chi connectivity index (χ4v) is 3.51. The van der Waals surface area contributed by atoms with Gasteiger partial charge >= 0.3 is 11.8 Å². The molecule has 0 atom stereocenters. The zero-order valence-electron chi connectivity index (χ0n) is 14.8. The van der Waals surface area contributed by atoms with Crippen LogP contribution in [0, 0.1) is 5.82 Å². The van der Waals surface area contributed by atoms with Crippen LogP contribution in [0.25, 0.3) is 11.1 Å². The van der Waals surface area contributed by atoms with Crippen LogP contribution in [0.2, 0.25) is 0 Å². The number of fused-ring (bicyclic) bond motifs is 1. The van der Waals surface area contributed by atoms with Crippen molar-refractivity contribution in [2.45, 2.75) is 24.7 Å². The summed E-state index contributed by atoms with van der Waals surface area (Å²) >= 11 is 0. The Labute approximate surface area is 159 Å². The van der Waals surface area contributed by atoms with Gasteiger partial charge in [0.1, 0.15) is 11.3 Å². The van der Waals surface area contributed by atoms with Gasteiger partial charge in [-0.3, -0.25) is 4.72 Å². The van der Waals surface area contributed by atoms with Crippen molar-refractivity contribution >= 4 is 32.9 Å². The van der Waals surface area contributed by atoms with Gasteiger partial charge in [0, 0.05) is 11.8 Å². The largest absolute Gasteiger partial charge is 0.449 e. The lowest BCUT2D eigenvalue weighted by atomic mass is 10.3. The number of anilines is 1. The molecule has 0 spiro atoms. The maximum atomic E-state index is 13.0. The third-order valence-electron chi connectivity index (χ3n) is 3.86. The molecule has 0 fully saturated rings. The molecule has 0 bridgehead atoms. The molecule has 10 heteroatoms. The van der Waals surface area contributed by atoms with Crippen molar-refractivity contribution in [3.05, 3.63) is 58.8 Å². The predicted molar refractivity (Wildman–Crippen MR) is 99.3 cm³/mol. The van der Waals surface area contributed by atoms with Crippen molar-refractivity contribution in [1.82, 2.24) is 4.57 Å². The molecule has 2 aromatic carbocycles. The fourth-order valence-electron chi connectivity index (χ4n) is 2.44. The molecule has 0 aliphatic carbocycles. The predicted octanol–water partition coefficient (Wildman–Crippen LogP) is 3.32. The van der Waals surface area contributed by atoms with E-state index in [0.29, 0.717) is 11.0 Å². The Morgan fingerprint density at radius 3 is 2.61 bits per heavy atom. The summed E-state index contributed by atoms with van der Waals surface area (Å²) in [5.74, 6) is -1.48. The van der Waals surface area contributed by atoms with Gasteiger partial charge < -0.3 is 9.15 Å². The zero-order valence-corrected chi connectivity index (χ0v) is 15.7. The molecule has 1 heterocycles. The first kappa shape index (κ1) is 19.6. The third-order valence-corrected chi connectivity index (χ3v) is 5.24. The Morgan fingerprint density at radius 1 is 1.21 bits per heavy atom. The van der Waals surface area contributed by atoms with Crippen LogP contribution in [0.4, 0.5) is 14.9 Å². The number of ether oxygens (including phenoxy) is 1. The molecule has 0 aliphatic heterocycles. The highest BCUT2D eigenvalue weighted by Crippen LogP contribution is 2.21. The number of sulfonamides is 1. The minimum atomic E-state index is -4.02. The molecule has 0 radical (unpaired) electrons. The Hall–Kier alpha value is -3.14. The quantitative estimate of drug-likeness (QED) is 0.627. The average molecular weight is 408 g/mol. The molecule has 0 aliphatic rings. The van der Waals surface area contributed by atoms with Gasteiger partial charge in [-0.1, -0.05) is 13.3 Å². The third kappa shape index (κ3) is 4.06. The van der Waals surface area contributed by atoms with Gasteiger partial charge in [0.2, 0.25) is 0 Å². The first-order valence-corrected chi connectivity index (χ1v) is 9.91. The number of nitrogens with one attached hydrogen (secondary N) is 1. The van der Waals surface area contributed by atoms with E-state index in [1.165, 1.54) is 24.3 Å². The van der Waals surface area contributed by atoms with Gasteiger partial charge in [-0.25, -0.2) is 22.4 Å². The average Bonchev–Trinajstić information content (AvgIpc) is 2.98. The molecule has 148 valence electrons. The van der Waals surface area contributed by atoms with Crippen LogP contribution in [0.5, 0.6) is 0 Å². The van der Waals surface area contributed by atoms with Crippen molar-refractivity contribution < 1.29 is 26.8 Å². The first-order chi connectivity index (χ1) is 13.3. The van der Waals surface area contributed by atoms with Crippen LogP contribution in [-0.4, -0.2) is 25.7 Å². The summed E-state index contributed by atoms with van der Waals surface area (Å²) in [6.45, 7) is 2.08. The van der Waals surface area contributed by atoms with Gasteiger partial charge in [0.15, 0.2) is 5.58 Å². The monoisotopic (exact) mass is 408 g/mol. The molecule has 8 nitrogen and oxygen atoms in total. The number of nitrogens with zero attached hydrogens (tertiary/aromatic N) is 1. The number of oxazole rings is 1. The van der Waals surface area contributed by atoms with Gasteiger partial charge in [-0.15, -0.1) is 0 Å². The maximum absolute atomic E-state index is 13.0. The van der Waals surface area contributed by atoms with Gasteiger partial charge in [0.25, 0.3) is 10.0 Å². The molecule has 1 N–H and O–H groups in total. The molecular formula is C18H17FN2O6S. The van der Waals surface area contributed by atoms with E-state index in [4.69, 9.17) is 9.15 Å². The van der Waals surface area contributed by atoms with E-state index >= 15 is 0 Å². The van der Waals surface area contributed by atoms with Crippen LogP contribution >= 0.6 is 0 Å². The SMILES string of the molecule is CCCCOC(=O)n1c(=O)oc2cc(S(=O)(=O)Nc3ccc(F)cc3)ccc21. The Bertz CT molecular complexity index is 1160. The summed E-state index contributed by atoms with van der Waals surface area (Å²) in [6, 6.07) is 8.40. The molecule has 0 saturated heterocycles. The summed E-state index contributed by atoms with van der Waals surface area (Å²) in [7, 11) is -4.02. The van der Waals surface area contributed by atoms with E-state index in [1.54, 1.807) is 0 Å². The summed E-state index contributed by atoms with van der Waals surface area (Å²) in [4.78, 5) is 23.9. The lowest BCUT2D eigenvalue weighted by Gasteiger charge is -2.08. The highest BCUT2D eigenvalue weighted by atomic mass is 32.2. The number of hydrogen-bond donors (Lipinski definition) is 1. The molecule has 0 saturated carbocycles. The second-order valence-electron chi connectivity index (χ2n) is 5.91. The summed E-state index contributed by atoms with van der Waals surface area (Å²) in [6.07, 6.45) is 0.571. The zero-order chi connectivity index (χ0) is 20.3. The first-order valence-electron chi connectivity index (χ1n) is 8.43. The van der Waals surface area contributed by atoms with Crippen molar-refractivity contribution in [3.63, 3.8) is 0 Å². The number of rotatable bonds is 6. The Balaban J connectivity index is 1.91. The van der Waals surface area contributed by atoms with Gasteiger partial charge in [0.05, 0.1) is 11.5 Å². The molecule has 1 aromatic heterocycles. The van der Waals surface area contributed by atoms with Crippen LogP contribution in [0.3, 0.4) is 0 Å². The molecular weight excluding hydrogens is 391 g/mol. The highest BCUT2D eigenvalue weighted by Gasteiger charge is 2.21. The molecule has 3 aromatic rings. The standard InChI is InChI=1S/C18H17FN2O6S/c1-2-3-10-26-17(22)21-15-9-8-14(11-16(15)27-18(21)23)28(24,25)20-13-6-4-12(19)5-7-13/h4-9,11,20H,2-3,10H2,1H3. The summed E-state index contributed by atoms with van der Waals surface area (Å²) in [5.41, 5.74) is 0.173. The second kappa shape index (κ2) is 7.85. The molecule has 0 amide bonds. The second-order valence-corrected chi connectivity index (χ2v) is 7.60. The lowest BCUT2D eigenvalue weighted by Crippen LogP contribution is -2.24. The van der Waals surface area contributed by atoms with E-state index in [2.05, 4.69) is 4.72 Å². The van der Waals surface area contributed by atoms with Crippen molar-refractivity contribution in [2.24, 2.45) is 0 Å². The van der Waals surface area contributed by atoms with E-state index < -0.39 is 27.7 Å². The summed E-state index contributed by atoms with van der Waals surface area (Å²) in [5, 5.41) is 0. The van der Waals surface area contributed by atoms with Crippen molar-refractivity contribution in [3.8, 4) is 0 Å². The number of aromatic nitrogens is 1. The fraction of sp³-hybridized carbons (Fsp3) is 0.222. The minimum absolute atomic E-state index is 0.0839. The van der Waals surface area contributed by atoms with Crippen LogP contribution in [0.1, 0.15) is 19.8 Å².